The molecular formula is C19H16Cl2FN5O. The van der Waals surface area contributed by atoms with E-state index in [1.165, 1.54) is 24.3 Å². The van der Waals surface area contributed by atoms with E-state index in [0.717, 1.165) is 11.3 Å². The van der Waals surface area contributed by atoms with Gasteiger partial charge in [-0.2, -0.15) is 10.1 Å². The maximum absolute atomic E-state index is 13.7. The molecule has 1 heterocycles. The van der Waals surface area contributed by atoms with Crippen LogP contribution in [0.15, 0.2) is 47.5 Å². The zero-order chi connectivity index (χ0) is 20.3. The third-order valence-electron chi connectivity index (χ3n) is 3.89. The van der Waals surface area contributed by atoms with Crippen molar-refractivity contribution < 1.29 is 9.18 Å². The van der Waals surface area contributed by atoms with Gasteiger partial charge in [0.05, 0.1) is 0 Å². The molecule has 6 nitrogen and oxygen atoms in total. The first-order valence-corrected chi connectivity index (χ1v) is 8.97. The summed E-state index contributed by atoms with van der Waals surface area (Å²) in [6.07, 6.45) is 0. The van der Waals surface area contributed by atoms with Crippen LogP contribution in [0.5, 0.6) is 0 Å². The minimum atomic E-state index is -0.526. The number of aryl methyl sites for hydroxylation is 1. The van der Waals surface area contributed by atoms with Gasteiger partial charge < -0.3 is 5.32 Å². The van der Waals surface area contributed by atoms with Crippen LogP contribution in [0.2, 0.25) is 10.0 Å². The van der Waals surface area contributed by atoms with E-state index < -0.39 is 11.7 Å². The highest BCUT2D eigenvalue weighted by atomic mass is 35.5. The summed E-state index contributed by atoms with van der Waals surface area (Å²) in [7, 11) is 0. The molecule has 3 rings (SSSR count). The largest absolute Gasteiger partial charge is 0.325 e. The van der Waals surface area contributed by atoms with Crippen LogP contribution in [-0.2, 0) is 0 Å². The highest BCUT2D eigenvalue weighted by molar-refractivity contribution is 6.31. The average molecular weight is 420 g/mol. The molecule has 0 spiro atoms. The third-order valence-corrected chi connectivity index (χ3v) is 4.34. The average Bonchev–Trinajstić information content (AvgIpc) is 2.93. The van der Waals surface area contributed by atoms with E-state index in [1.807, 2.05) is 13.8 Å². The molecule has 0 fully saturated rings. The first-order valence-electron chi connectivity index (χ1n) is 8.22. The van der Waals surface area contributed by atoms with E-state index >= 15 is 0 Å². The molecule has 28 heavy (non-hydrogen) atoms. The predicted octanol–water partition coefficient (Wildman–Crippen LogP) is 5.00. The number of carbonyl (C=O) groups is 1. The first kappa shape index (κ1) is 19.9. The van der Waals surface area contributed by atoms with Gasteiger partial charge in [0.15, 0.2) is 5.82 Å². The van der Waals surface area contributed by atoms with Gasteiger partial charge in [0.2, 0.25) is 5.96 Å². The zero-order valence-electron chi connectivity index (χ0n) is 15.0. The molecule has 3 aromatic rings. The Kier molecular flexibility index (Phi) is 5.96. The van der Waals surface area contributed by atoms with Crippen molar-refractivity contribution in [2.45, 2.75) is 13.8 Å². The fourth-order valence-electron chi connectivity index (χ4n) is 2.35. The van der Waals surface area contributed by atoms with E-state index in [9.17, 15) is 9.18 Å². The van der Waals surface area contributed by atoms with E-state index in [4.69, 9.17) is 23.2 Å². The third kappa shape index (κ3) is 4.88. The summed E-state index contributed by atoms with van der Waals surface area (Å²) >= 11 is 11.8. The molecule has 0 atom stereocenters. The van der Waals surface area contributed by atoms with Crippen LogP contribution in [-0.4, -0.2) is 22.1 Å². The molecule has 1 aromatic heterocycles. The molecule has 3 N–H and O–H groups in total. The quantitative estimate of drug-likeness (QED) is 0.412. The number of hydrogen-bond acceptors (Lipinski definition) is 3. The van der Waals surface area contributed by atoms with Crippen LogP contribution in [0.4, 0.5) is 15.9 Å². The summed E-state index contributed by atoms with van der Waals surface area (Å²) in [6.45, 7) is 3.69. The molecule has 0 saturated carbocycles. The number of rotatable bonds is 3. The number of carbonyl (C=O) groups excluding carboxylic acids is 1. The summed E-state index contributed by atoms with van der Waals surface area (Å²) in [5.41, 5.74) is 2.32. The lowest BCUT2D eigenvalue weighted by Crippen LogP contribution is -2.35. The molecule has 0 radical (unpaired) electrons. The van der Waals surface area contributed by atoms with Crippen molar-refractivity contribution in [2.75, 3.05) is 5.32 Å². The Labute approximate surface area is 170 Å². The molecule has 0 aliphatic carbocycles. The summed E-state index contributed by atoms with van der Waals surface area (Å²) in [5.74, 6) is -0.529. The van der Waals surface area contributed by atoms with Gasteiger partial charge in [-0.05, 0) is 50.2 Å². The summed E-state index contributed by atoms with van der Waals surface area (Å²) in [4.78, 5) is 16.9. The second kappa shape index (κ2) is 8.41. The minimum absolute atomic E-state index is 0.0567. The minimum Gasteiger partial charge on any atom is -0.325 e. The topological polar surface area (TPSA) is 82.2 Å². The van der Waals surface area contributed by atoms with Crippen molar-refractivity contribution in [1.82, 2.24) is 15.5 Å². The van der Waals surface area contributed by atoms with Gasteiger partial charge in [-0.15, -0.1) is 0 Å². The first-order chi connectivity index (χ1) is 13.3. The standard InChI is InChI=1S/C19H16Cl2FN5O/c1-10-11(2)26-27-17(10)24-19(23-16-8-14(21)7-15(22)9-16)25-18(28)12-4-3-5-13(20)6-12/h3-9H,1-2H3,(H3,23,24,25,26,27,28). The maximum atomic E-state index is 13.7. The van der Waals surface area contributed by atoms with Crippen molar-refractivity contribution >= 4 is 46.6 Å². The Morgan fingerprint density at radius 3 is 2.57 bits per heavy atom. The van der Waals surface area contributed by atoms with E-state index in [0.29, 0.717) is 22.1 Å². The summed E-state index contributed by atoms with van der Waals surface area (Å²) in [5, 5.41) is 13.1. The Hall–Kier alpha value is -2.90. The number of benzene rings is 2. The Morgan fingerprint density at radius 2 is 1.93 bits per heavy atom. The van der Waals surface area contributed by atoms with Crippen molar-refractivity contribution in [1.29, 1.82) is 0 Å². The van der Waals surface area contributed by atoms with E-state index in [-0.39, 0.29) is 11.0 Å². The van der Waals surface area contributed by atoms with Crippen LogP contribution in [0.25, 0.3) is 0 Å². The van der Waals surface area contributed by atoms with Crippen molar-refractivity contribution in [3.63, 3.8) is 0 Å². The van der Waals surface area contributed by atoms with Crippen molar-refractivity contribution in [3.05, 3.63) is 75.1 Å². The smallest absolute Gasteiger partial charge is 0.258 e. The number of nitrogens with one attached hydrogen (secondary N) is 3. The molecule has 9 heteroatoms. The lowest BCUT2D eigenvalue weighted by molar-refractivity contribution is 0.0977. The van der Waals surface area contributed by atoms with Gasteiger partial charge >= 0.3 is 0 Å². The number of amides is 1. The van der Waals surface area contributed by atoms with Gasteiger partial charge in [-0.1, -0.05) is 29.3 Å². The van der Waals surface area contributed by atoms with E-state index in [1.54, 1.807) is 18.2 Å². The van der Waals surface area contributed by atoms with Gasteiger partial charge in [-0.3, -0.25) is 15.2 Å². The number of aliphatic imine (C=N–C) groups is 1. The van der Waals surface area contributed by atoms with Gasteiger partial charge in [-0.25, -0.2) is 4.39 Å². The number of anilines is 1. The molecule has 0 saturated heterocycles. The molecule has 0 bridgehead atoms. The highest BCUT2D eigenvalue weighted by Gasteiger charge is 2.13. The normalized spacial score (nSPS) is 11.4. The Balaban J connectivity index is 1.94. The Morgan fingerprint density at radius 1 is 1.14 bits per heavy atom. The molecule has 1 amide bonds. The molecular weight excluding hydrogens is 404 g/mol. The number of aromatic amines is 1. The molecule has 144 valence electrons. The fourth-order valence-corrected chi connectivity index (χ4v) is 2.76. The molecule has 0 unspecified atom stereocenters. The maximum Gasteiger partial charge on any atom is 0.258 e. The highest BCUT2D eigenvalue weighted by Crippen LogP contribution is 2.20. The Bertz CT molecular complexity index is 1040. The number of hydrogen-bond donors (Lipinski definition) is 3. The zero-order valence-corrected chi connectivity index (χ0v) is 16.5. The second-order valence-electron chi connectivity index (χ2n) is 6.01. The number of halogens is 3. The molecule has 2 aromatic carbocycles. The number of guanidine groups is 1. The van der Waals surface area contributed by atoms with Crippen LogP contribution in [0.1, 0.15) is 21.6 Å². The van der Waals surface area contributed by atoms with Crippen LogP contribution in [0, 0.1) is 19.7 Å². The SMILES string of the molecule is Cc1[nH]nc(N=C(NC(=O)c2cccc(Cl)c2)Nc2cc(F)cc(Cl)c2)c1C. The number of H-pyrrole nitrogens is 1. The van der Waals surface area contributed by atoms with Crippen LogP contribution < -0.4 is 10.6 Å². The molecule has 0 aliphatic rings. The fraction of sp³-hybridized carbons (Fsp3) is 0.105. The number of nitrogens with zero attached hydrogens (tertiary/aromatic N) is 2. The summed E-state index contributed by atoms with van der Waals surface area (Å²) < 4.78 is 13.7. The van der Waals surface area contributed by atoms with Crippen molar-refractivity contribution in [2.24, 2.45) is 4.99 Å². The molecule has 0 aliphatic heterocycles. The van der Waals surface area contributed by atoms with E-state index in [2.05, 4.69) is 25.8 Å². The van der Waals surface area contributed by atoms with Gasteiger partial charge in [0, 0.05) is 32.6 Å². The van der Waals surface area contributed by atoms with Crippen molar-refractivity contribution in [3.8, 4) is 0 Å². The van der Waals surface area contributed by atoms with Gasteiger partial charge in [0.25, 0.3) is 5.91 Å². The monoisotopic (exact) mass is 419 g/mol. The lowest BCUT2D eigenvalue weighted by Gasteiger charge is -2.12. The van der Waals surface area contributed by atoms with Gasteiger partial charge in [0.1, 0.15) is 5.82 Å². The second-order valence-corrected chi connectivity index (χ2v) is 6.88. The summed E-state index contributed by atoms with van der Waals surface area (Å²) in [6, 6.07) is 10.4. The predicted molar refractivity (Wildman–Crippen MR) is 109 cm³/mol. The lowest BCUT2D eigenvalue weighted by atomic mass is 10.2. The number of aromatic nitrogens is 2. The van der Waals surface area contributed by atoms with Crippen LogP contribution in [0.3, 0.4) is 0 Å². The van der Waals surface area contributed by atoms with Crippen LogP contribution >= 0.6 is 23.2 Å².